The lowest BCUT2D eigenvalue weighted by atomic mass is 9.91. The summed E-state index contributed by atoms with van der Waals surface area (Å²) in [7, 11) is 0. The molecule has 0 radical (unpaired) electrons. The van der Waals surface area contributed by atoms with Crippen molar-refractivity contribution in [2.24, 2.45) is 11.8 Å². The number of fused-ring (bicyclic) bond motifs is 1. The van der Waals surface area contributed by atoms with E-state index in [1.54, 1.807) is 30.0 Å². The van der Waals surface area contributed by atoms with Crippen LogP contribution >= 0.6 is 0 Å². The average Bonchev–Trinajstić information content (AvgIpc) is 3.19. The summed E-state index contributed by atoms with van der Waals surface area (Å²) in [6.07, 6.45) is 1.08. The molecule has 0 saturated carbocycles. The number of hydrogen-bond donors (Lipinski definition) is 1. The number of carbonyl (C=O) groups is 3. The summed E-state index contributed by atoms with van der Waals surface area (Å²) in [6, 6.07) is 4.58. The minimum atomic E-state index is -1.25. The Hall–Kier alpha value is -2.77. The molecule has 1 aromatic rings. The summed E-state index contributed by atoms with van der Waals surface area (Å²) < 4.78 is 10.7. The summed E-state index contributed by atoms with van der Waals surface area (Å²) in [6.45, 7) is 7.06. The fourth-order valence-electron chi connectivity index (χ4n) is 4.35. The summed E-state index contributed by atoms with van der Waals surface area (Å²) in [5, 5.41) is 2.73. The van der Waals surface area contributed by atoms with E-state index in [1.165, 1.54) is 0 Å². The van der Waals surface area contributed by atoms with Gasteiger partial charge in [0.15, 0.2) is 11.5 Å². The molecule has 3 heterocycles. The molecule has 0 unspecified atom stereocenters. The van der Waals surface area contributed by atoms with Gasteiger partial charge in [-0.05, 0) is 42.9 Å². The maximum atomic E-state index is 13.1. The third-order valence-corrected chi connectivity index (χ3v) is 5.74. The van der Waals surface area contributed by atoms with Crippen LogP contribution in [0.3, 0.4) is 0 Å². The molecule has 1 N–H and O–H groups in total. The number of rotatable bonds is 3. The third kappa shape index (κ3) is 3.06. The molecule has 28 heavy (non-hydrogen) atoms. The lowest BCUT2D eigenvalue weighted by Gasteiger charge is -2.35. The van der Waals surface area contributed by atoms with Crippen LogP contribution in [0.5, 0.6) is 11.5 Å². The van der Waals surface area contributed by atoms with Gasteiger partial charge < -0.3 is 19.7 Å². The Kier molecular flexibility index (Phi) is 4.44. The maximum absolute atomic E-state index is 13.1. The number of amides is 4. The topological polar surface area (TPSA) is 88.2 Å². The SMILES string of the molecule is C[C@@H]1C[C@@H](C)CN(C(=O)CN2C(=O)N[C@](C)(c3ccc4c(c3)OCO4)C2=O)C1. The van der Waals surface area contributed by atoms with E-state index in [0.717, 1.165) is 11.3 Å². The van der Waals surface area contributed by atoms with Crippen LogP contribution < -0.4 is 14.8 Å². The number of piperidine rings is 1. The van der Waals surface area contributed by atoms with Crippen molar-refractivity contribution in [3.05, 3.63) is 23.8 Å². The van der Waals surface area contributed by atoms with E-state index < -0.39 is 17.5 Å². The standard InChI is InChI=1S/C20H25N3O5/c1-12-6-13(2)9-22(8-12)17(24)10-23-18(25)20(3,21-19(23)26)14-4-5-15-16(7-14)28-11-27-15/h4-5,7,12-13H,6,8-11H2,1-3H3,(H,21,26)/t12-,13-,20-/m1/s1. The zero-order chi connectivity index (χ0) is 20.1. The van der Waals surface area contributed by atoms with Crippen molar-refractivity contribution in [1.29, 1.82) is 0 Å². The van der Waals surface area contributed by atoms with Gasteiger partial charge in [0.05, 0.1) is 0 Å². The molecule has 0 bridgehead atoms. The number of nitrogens with one attached hydrogen (secondary N) is 1. The Morgan fingerprint density at radius 1 is 1.18 bits per heavy atom. The third-order valence-electron chi connectivity index (χ3n) is 5.74. The van der Waals surface area contributed by atoms with E-state index in [9.17, 15) is 14.4 Å². The number of carbonyl (C=O) groups excluding carboxylic acids is 3. The van der Waals surface area contributed by atoms with Crippen molar-refractivity contribution < 1.29 is 23.9 Å². The number of benzene rings is 1. The maximum Gasteiger partial charge on any atom is 0.325 e. The summed E-state index contributed by atoms with van der Waals surface area (Å²) in [5.41, 5.74) is -0.661. The summed E-state index contributed by atoms with van der Waals surface area (Å²) in [5.74, 6) is 1.32. The van der Waals surface area contributed by atoms with Gasteiger partial charge in [0, 0.05) is 13.1 Å². The van der Waals surface area contributed by atoms with Crippen LogP contribution in [0.4, 0.5) is 4.79 Å². The van der Waals surface area contributed by atoms with Crippen molar-refractivity contribution >= 4 is 17.8 Å². The second-order valence-electron chi connectivity index (χ2n) is 8.26. The van der Waals surface area contributed by atoms with Gasteiger partial charge in [0.1, 0.15) is 12.1 Å². The minimum absolute atomic E-state index is 0.128. The molecule has 2 saturated heterocycles. The molecule has 3 aliphatic rings. The van der Waals surface area contributed by atoms with Gasteiger partial charge in [-0.15, -0.1) is 0 Å². The van der Waals surface area contributed by atoms with E-state index in [2.05, 4.69) is 19.2 Å². The molecule has 4 amide bonds. The quantitative estimate of drug-likeness (QED) is 0.798. The number of likely N-dealkylation sites (tertiary alicyclic amines) is 1. The average molecular weight is 387 g/mol. The van der Waals surface area contributed by atoms with Gasteiger partial charge in [0.2, 0.25) is 12.7 Å². The highest BCUT2D eigenvalue weighted by molar-refractivity contribution is 6.09. The largest absolute Gasteiger partial charge is 0.454 e. The molecule has 8 heteroatoms. The molecule has 0 spiro atoms. The number of nitrogens with zero attached hydrogens (tertiary/aromatic N) is 2. The van der Waals surface area contributed by atoms with Crippen LogP contribution in [0.1, 0.15) is 32.8 Å². The second-order valence-corrected chi connectivity index (χ2v) is 8.26. The Balaban J connectivity index is 1.51. The highest BCUT2D eigenvalue weighted by Gasteiger charge is 2.50. The van der Waals surface area contributed by atoms with Crippen LogP contribution in [-0.2, 0) is 15.1 Å². The van der Waals surface area contributed by atoms with Gasteiger partial charge in [-0.3, -0.25) is 14.5 Å². The molecular formula is C20H25N3O5. The predicted octanol–water partition coefficient (Wildman–Crippen LogP) is 1.69. The fraction of sp³-hybridized carbons (Fsp3) is 0.550. The highest BCUT2D eigenvalue weighted by atomic mass is 16.7. The Morgan fingerprint density at radius 2 is 1.86 bits per heavy atom. The first-order valence-electron chi connectivity index (χ1n) is 9.60. The Bertz CT molecular complexity index is 831. The van der Waals surface area contributed by atoms with Gasteiger partial charge in [-0.1, -0.05) is 19.9 Å². The molecule has 150 valence electrons. The number of urea groups is 1. The van der Waals surface area contributed by atoms with E-state index in [0.29, 0.717) is 42.0 Å². The predicted molar refractivity (Wildman–Crippen MR) is 99.7 cm³/mol. The minimum Gasteiger partial charge on any atom is -0.454 e. The van der Waals surface area contributed by atoms with Gasteiger partial charge in [0.25, 0.3) is 5.91 Å². The van der Waals surface area contributed by atoms with E-state index in [1.807, 2.05) is 0 Å². The van der Waals surface area contributed by atoms with Gasteiger partial charge in [-0.25, -0.2) is 4.79 Å². The fourth-order valence-corrected chi connectivity index (χ4v) is 4.35. The zero-order valence-corrected chi connectivity index (χ0v) is 16.4. The van der Waals surface area contributed by atoms with Crippen molar-refractivity contribution in [2.45, 2.75) is 32.7 Å². The number of hydrogen-bond acceptors (Lipinski definition) is 5. The smallest absolute Gasteiger partial charge is 0.325 e. The van der Waals surface area contributed by atoms with Crippen molar-refractivity contribution in [2.75, 3.05) is 26.4 Å². The monoisotopic (exact) mass is 387 g/mol. The number of imide groups is 1. The lowest BCUT2D eigenvalue weighted by molar-refractivity contribution is -0.140. The molecule has 1 aromatic carbocycles. The zero-order valence-electron chi connectivity index (χ0n) is 16.4. The second kappa shape index (κ2) is 6.68. The highest BCUT2D eigenvalue weighted by Crippen LogP contribution is 2.37. The normalized spacial score (nSPS) is 29.2. The van der Waals surface area contributed by atoms with Gasteiger partial charge in [-0.2, -0.15) is 0 Å². The molecule has 4 rings (SSSR count). The van der Waals surface area contributed by atoms with E-state index in [4.69, 9.17) is 9.47 Å². The van der Waals surface area contributed by atoms with Crippen LogP contribution in [0.15, 0.2) is 18.2 Å². The van der Waals surface area contributed by atoms with E-state index >= 15 is 0 Å². The lowest BCUT2D eigenvalue weighted by Crippen LogP contribution is -2.48. The number of ether oxygens (including phenoxy) is 2. The van der Waals surface area contributed by atoms with Crippen LogP contribution in [0.2, 0.25) is 0 Å². The van der Waals surface area contributed by atoms with Crippen LogP contribution in [0, 0.1) is 11.8 Å². The first kappa shape index (κ1) is 18.6. The van der Waals surface area contributed by atoms with Crippen LogP contribution in [-0.4, -0.2) is 54.1 Å². The first-order chi connectivity index (χ1) is 13.3. The molecule has 2 fully saturated rings. The van der Waals surface area contributed by atoms with E-state index in [-0.39, 0.29) is 19.2 Å². The molecule has 3 atom stereocenters. The van der Waals surface area contributed by atoms with Crippen molar-refractivity contribution in [3.8, 4) is 11.5 Å². The molecule has 8 nitrogen and oxygen atoms in total. The first-order valence-corrected chi connectivity index (χ1v) is 9.60. The molecule has 3 aliphatic heterocycles. The van der Waals surface area contributed by atoms with Gasteiger partial charge >= 0.3 is 6.03 Å². The van der Waals surface area contributed by atoms with Crippen LogP contribution in [0.25, 0.3) is 0 Å². The molecule has 0 aromatic heterocycles. The molecular weight excluding hydrogens is 362 g/mol. The van der Waals surface area contributed by atoms with Crippen molar-refractivity contribution in [3.63, 3.8) is 0 Å². The Morgan fingerprint density at radius 3 is 2.57 bits per heavy atom. The Labute approximate surface area is 163 Å². The molecule has 0 aliphatic carbocycles. The summed E-state index contributed by atoms with van der Waals surface area (Å²) >= 11 is 0. The van der Waals surface area contributed by atoms with Crippen molar-refractivity contribution in [1.82, 2.24) is 15.1 Å². The summed E-state index contributed by atoms with van der Waals surface area (Å²) in [4.78, 5) is 41.1.